The van der Waals surface area contributed by atoms with Gasteiger partial charge in [0.15, 0.2) is 0 Å². The SMILES string of the molecule is Cc1ccc(N2C[C@@H](C(=O)Nc3ccc(Br)c(Cl)c3C)CC2=O)cc1. The lowest BCUT2D eigenvalue weighted by atomic mass is 10.1. The molecule has 1 aliphatic heterocycles. The van der Waals surface area contributed by atoms with Gasteiger partial charge in [-0.1, -0.05) is 29.3 Å². The summed E-state index contributed by atoms with van der Waals surface area (Å²) in [6.45, 7) is 4.23. The molecule has 1 atom stereocenters. The minimum absolute atomic E-state index is 0.0328. The molecule has 3 rings (SSSR count). The molecule has 130 valence electrons. The Bertz CT molecular complexity index is 836. The van der Waals surface area contributed by atoms with Crippen LogP contribution in [0.1, 0.15) is 17.5 Å². The largest absolute Gasteiger partial charge is 0.325 e. The summed E-state index contributed by atoms with van der Waals surface area (Å²) in [5.41, 5.74) is 3.42. The van der Waals surface area contributed by atoms with Gasteiger partial charge in [-0.3, -0.25) is 9.59 Å². The number of aryl methyl sites for hydroxylation is 1. The minimum Gasteiger partial charge on any atom is -0.325 e. The molecule has 0 bridgehead atoms. The number of benzene rings is 2. The minimum atomic E-state index is -0.379. The Morgan fingerprint density at radius 2 is 1.88 bits per heavy atom. The number of nitrogens with zero attached hydrogens (tertiary/aromatic N) is 1. The van der Waals surface area contributed by atoms with E-state index in [1.165, 1.54) is 0 Å². The van der Waals surface area contributed by atoms with Crippen molar-refractivity contribution in [2.24, 2.45) is 5.92 Å². The number of nitrogens with one attached hydrogen (secondary N) is 1. The molecule has 0 unspecified atom stereocenters. The fourth-order valence-corrected chi connectivity index (χ4v) is 3.47. The molecule has 6 heteroatoms. The molecule has 1 saturated heterocycles. The highest BCUT2D eigenvalue weighted by atomic mass is 79.9. The van der Waals surface area contributed by atoms with Crippen LogP contribution in [-0.2, 0) is 9.59 Å². The van der Waals surface area contributed by atoms with Crippen molar-refractivity contribution in [1.29, 1.82) is 0 Å². The first kappa shape index (κ1) is 18.0. The Balaban J connectivity index is 1.73. The third-order valence-electron chi connectivity index (χ3n) is 4.44. The maximum absolute atomic E-state index is 12.6. The van der Waals surface area contributed by atoms with E-state index in [0.717, 1.165) is 21.3 Å². The zero-order valence-corrected chi connectivity index (χ0v) is 16.3. The standard InChI is InChI=1S/C19H18BrClN2O2/c1-11-3-5-14(6-4-11)23-10-13(9-17(23)24)19(25)22-16-8-7-15(20)18(21)12(16)2/h3-8,13H,9-10H2,1-2H3,(H,22,25)/t13-/m0/s1. The lowest BCUT2D eigenvalue weighted by Gasteiger charge is -2.17. The Labute approximate surface area is 160 Å². The van der Waals surface area contributed by atoms with E-state index < -0.39 is 0 Å². The number of anilines is 2. The highest BCUT2D eigenvalue weighted by Crippen LogP contribution is 2.32. The smallest absolute Gasteiger partial charge is 0.229 e. The molecule has 0 spiro atoms. The molecule has 25 heavy (non-hydrogen) atoms. The van der Waals surface area contributed by atoms with Crippen LogP contribution in [0.2, 0.25) is 5.02 Å². The number of hydrogen-bond acceptors (Lipinski definition) is 2. The van der Waals surface area contributed by atoms with Gasteiger partial charge < -0.3 is 10.2 Å². The predicted octanol–water partition coefficient (Wildman–Crippen LogP) is 4.71. The van der Waals surface area contributed by atoms with E-state index in [0.29, 0.717) is 17.3 Å². The molecule has 2 aromatic carbocycles. The van der Waals surface area contributed by atoms with E-state index in [-0.39, 0.29) is 24.2 Å². The Kier molecular flexibility index (Phi) is 5.16. The van der Waals surface area contributed by atoms with Gasteiger partial charge in [-0.2, -0.15) is 0 Å². The molecule has 1 aliphatic rings. The Morgan fingerprint density at radius 1 is 1.20 bits per heavy atom. The van der Waals surface area contributed by atoms with Crippen LogP contribution in [0.5, 0.6) is 0 Å². The van der Waals surface area contributed by atoms with E-state index in [1.54, 1.807) is 17.0 Å². The molecule has 0 aromatic heterocycles. The second-order valence-corrected chi connectivity index (χ2v) is 7.50. The summed E-state index contributed by atoms with van der Waals surface area (Å²) in [5.74, 6) is -0.574. The van der Waals surface area contributed by atoms with Crippen molar-refractivity contribution in [3.63, 3.8) is 0 Å². The first-order chi connectivity index (χ1) is 11.9. The van der Waals surface area contributed by atoms with Gasteiger partial charge >= 0.3 is 0 Å². The van der Waals surface area contributed by atoms with Crippen LogP contribution >= 0.6 is 27.5 Å². The number of halogens is 2. The molecular weight excluding hydrogens is 404 g/mol. The molecule has 0 saturated carbocycles. The summed E-state index contributed by atoms with van der Waals surface area (Å²) in [6.07, 6.45) is 0.211. The Hall–Kier alpha value is -1.85. The number of hydrogen-bond donors (Lipinski definition) is 1. The maximum Gasteiger partial charge on any atom is 0.229 e. The lowest BCUT2D eigenvalue weighted by molar-refractivity contribution is -0.122. The molecule has 2 aromatic rings. The van der Waals surface area contributed by atoms with Gasteiger partial charge in [0.05, 0.1) is 10.9 Å². The molecule has 4 nitrogen and oxygen atoms in total. The van der Waals surface area contributed by atoms with E-state index in [2.05, 4.69) is 21.2 Å². The number of rotatable bonds is 3. The van der Waals surface area contributed by atoms with Crippen molar-refractivity contribution in [2.75, 3.05) is 16.8 Å². The first-order valence-corrected chi connectivity index (χ1v) is 9.16. The van der Waals surface area contributed by atoms with Crippen LogP contribution in [-0.4, -0.2) is 18.4 Å². The van der Waals surface area contributed by atoms with E-state index in [4.69, 9.17) is 11.6 Å². The van der Waals surface area contributed by atoms with Gasteiger partial charge in [-0.05, 0) is 59.6 Å². The fourth-order valence-electron chi connectivity index (χ4n) is 2.88. The monoisotopic (exact) mass is 420 g/mol. The maximum atomic E-state index is 12.6. The van der Waals surface area contributed by atoms with Crippen LogP contribution in [0, 0.1) is 19.8 Å². The topological polar surface area (TPSA) is 49.4 Å². The zero-order valence-electron chi connectivity index (χ0n) is 14.0. The predicted molar refractivity (Wildman–Crippen MR) is 104 cm³/mol. The van der Waals surface area contributed by atoms with Gasteiger partial charge in [-0.15, -0.1) is 0 Å². The molecule has 1 N–H and O–H groups in total. The summed E-state index contributed by atoms with van der Waals surface area (Å²) < 4.78 is 0.784. The summed E-state index contributed by atoms with van der Waals surface area (Å²) in [4.78, 5) is 26.6. The van der Waals surface area contributed by atoms with Crippen molar-refractivity contribution >= 4 is 50.7 Å². The summed E-state index contributed by atoms with van der Waals surface area (Å²) in [5, 5.41) is 3.47. The van der Waals surface area contributed by atoms with Crippen LogP contribution < -0.4 is 10.2 Å². The second-order valence-electron chi connectivity index (χ2n) is 6.26. The van der Waals surface area contributed by atoms with Crippen molar-refractivity contribution in [1.82, 2.24) is 0 Å². The number of amides is 2. The summed E-state index contributed by atoms with van der Waals surface area (Å²) >= 11 is 9.57. The summed E-state index contributed by atoms with van der Waals surface area (Å²) in [7, 11) is 0. The van der Waals surface area contributed by atoms with E-state index in [9.17, 15) is 9.59 Å². The van der Waals surface area contributed by atoms with Crippen molar-refractivity contribution in [3.05, 3.63) is 57.0 Å². The number of carbonyl (C=O) groups is 2. The first-order valence-electron chi connectivity index (χ1n) is 7.99. The quantitative estimate of drug-likeness (QED) is 0.780. The zero-order chi connectivity index (χ0) is 18.1. The number of carbonyl (C=O) groups excluding carboxylic acids is 2. The highest BCUT2D eigenvalue weighted by molar-refractivity contribution is 9.10. The van der Waals surface area contributed by atoms with Gasteiger partial charge in [0.25, 0.3) is 0 Å². The van der Waals surface area contributed by atoms with Gasteiger partial charge in [-0.25, -0.2) is 0 Å². The average molecular weight is 422 g/mol. The third kappa shape index (κ3) is 3.72. The van der Waals surface area contributed by atoms with Crippen molar-refractivity contribution in [3.8, 4) is 0 Å². The molecule has 1 fully saturated rings. The normalized spacial score (nSPS) is 17.0. The molecule has 1 heterocycles. The van der Waals surface area contributed by atoms with Gasteiger partial charge in [0, 0.05) is 28.8 Å². The van der Waals surface area contributed by atoms with Crippen LogP contribution in [0.3, 0.4) is 0 Å². The fraction of sp³-hybridized carbons (Fsp3) is 0.263. The van der Waals surface area contributed by atoms with E-state index in [1.807, 2.05) is 38.1 Å². The average Bonchev–Trinajstić information content (AvgIpc) is 2.98. The molecule has 0 aliphatic carbocycles. The lowest BCUT2D eigenvalue weighted by Crippen LogP contribution is -2.28. The second kappa shape index (κ2) is 7.18. The molecule has 2 amide bonds. The van der Waals surface area contributed by atoms with Crippen LogP contribution in [0.4, 0.5) is 11.4 Å². The van der Waals surface area contributed by atoms with Crippen molar-refractivity contribution in [2.45, 2.75) is 20.3 Å². The van der Waals surface area contributed by atoms with Gasteiger partial charge in [0.2, 0.25) is 11.8 Å². The van der Waals surface area contributed by atoms with Crippen LogP contribution in [0.25, 0.3) is 0 Å². The van der Waals surface area contributed by atoms with Crippen molar-refractivity contribution < 1.29 is 9.59 Å². The van der Waals surface area contributed by atoms with Crippen LogP contribution in [0.15, 0.2) is 40.9 Å². The van der Waals surface area contributed by atoms with E-state index >= 15 is 0 Å². The summed E-state index contributed by atoms with van der Waals surface area (Å²) in [6, 6.07) is 11.3. The Morgan fingerprint density at radius 3 is 2.56 bits per heavy atom. The highest BCUT2D eigenvalue weighted by Gasteiger charge is 2.35. The molecule has 0 radical (unpaired) electrons. The molecular formula is C19H18BrClN2O2. The van der Waals surface area contributed by atoms with Gasteiger partial charge in [0.1, 0.15) is 0 Å². The third-order valence-corrected chi connectivity index (χ3v) is 5.81.